The van der Waals surface area contributed by atoms with Gasteiger partial charge in [0.05, 0.1) is 0 Å². The molecule has 0 spiro atoms. The van der Waals surface area contributed by atoms with Crippen LogP contribution in [0, 0.1) is 37.8 Å². The summed E-state index contributed by atoms with van der Waals surface area (Å²) >= 11 is 0. The summed E-state index contributed by atoms with van der Waals surface area (Å²) in [5, 5.41) is 20.7. The van der Waals surface area contributed by atoms with Crippen molar-refractivity contribution < 1.29 is 10.2 Å². The first-order valence-corrected chi connectivity index (χ1v) is 10.9. The summed E-state index contributed by atoms with van der Waals surface area (Å²) in [5.41, 5.74) is 11.1. The van der Waals surface area contributed by atoms with Gasteiger partial charge in [0.25, 0.3) is 0 Å². The number of nitrogens with one attached hydrogen (secondary N) is 2. The van der Waals surface area contributed by atoms with E-state index in [1.165, 1.54) is 0 Å². The molecule has 0 saturated heterocycles. The van der Waals surface area contributed by atoms with Gasteiger partial charge in [-0.1, -0.05) is 77.6 Å². The van der Waals surface area contributed by atoms with E-state index in [0.717, 1.165) is 33.4 Å². The average molecular weight is 433 g/mol. The standard InChI is InChI=1S/C28H36N2O2/c1-19-15-21(17-23(25(19)31)27(3,4)5)11-9-13-29-30-14-10-12-22-16-20(2)26(32)24(18-22)28(6,7)8/h15-18,29-32H,11-12H2,1-8H3. The van der Waals surface area contributed by atoms with Crippen molar-refractivity contribution >= 4 is 0 Å². The normalized spacial score (nSPS) is 11.1. The number of hydrazine groups is 1. The lowest BCUT2D eigenvalue weighted by molar-refractivity contribution is 0.442. The smallest absolute Gasteiger partial charge is 0.122 e. The van der Waals surface area contributed by atoms with Crippen molar-refractivity contribution in [2.45, 2.75) is 79.1 Å². The van der Waals surface area contributed by atoms with E-state index in [0.29, 0.717) is 24.3 Å². The zero-order valence-corrected chi connectivity index (χ0v) is 20.6. The zero-order valence-electron chi connectivity index (χ0n) is 20.6. The molecular weight excluding hydrogens is 396 g/mol. The lowest BCUT2D eigenvalue weighted by Crippen LogP contribution is -2.21. The van der Waals surface area contributed by atoms with Crippen molar-refractivity contribution in [2.75, 3.05) is 0 Å². The van der Waals surface area contributed by atoms with Gasteiger partial charge in [0.15, 0.2) is 0 Å². The molecule has 32 heavy (non-hydrogen) atoms. The number of aromatic hydroxyl groups is 2. The summed E-state index contributed by atoms with van der Waals surface area (Å²) in [5.74, 6) is 6.87. The van der Waals surface area contributed by atoms with E-state index in [1.54, 1.807) is 0 Å². The summed E-state index contributed by atoms with van der Waals surface area (Å²) in [6.45, 7) is 16.4. The highest BCUT2D eigenvalue weighted by Gasteiger charge is 2.20. The molecule has 0 aliphatic carbocycles. The summed E-state index contributed by atoms with van der Waals surface area (Å²) in [6, 6.07) is 13.7. The Balaban J connectivity index is 1.94. The quantitative estimate of drug-likeness (QED) is 0.236. The van der Waals surface area contributed by atoms with E-state index >= 15 is 0 Å². The lowest BCUT2D eigenvalue weighted by atomic mass is 9.84. The summed E-state index contributed by atoms with van der Waals surface area (Å²) < 4.78 is 0. The molecule has 4 nitrogen and oxygen atoms in total. The van der Waals surface area contributed by atoms with Gasteiger partial charge in [-0.2, -0.15) is 0 Å². The van der Waals surface area contributed by atoms with Gasteiger partial charge in [0.1, 0.15) is 11.5 Å². The number of aryl methyl sites for hydroxylation is 2. The highest BCUT2D eigenvalue weighted by Crippen LogP contribution is 2.35. The van der Waals surface area contributed by atoms with E-state index in [4.69, 9.17) is 0 Å². The molecule has 0 bridgehead atoms. The first-order valence-electron chi connectivity index (χ1n) is 10.9. The van der Waals surface area contributed by atoms with E-state index < -0.39 is 0 Å². The van der Waals surface area contributed by atoms with Crippen LogP contribution in [0.1, 0.15) is 74.9 Å². The van der Waals surface area contributed by atoms with Crippen LogP contribution in [0.15, 0.2) is 24.3 Å². The zero-order chi connectivity index (χ0) is 24.1. The minimum absolute atomic E-state index is 0.128. The van der Waals surface area contributed by atoms with Crippen LogP contribution in [0.3, 0.4) is 0 Å². The molecule has 4 N–H and O–H groups in total. The van der Waals surface area contributed by atoms with Crippen LogP contribution in [0.2, 0.25) is 0 Å². The van der Waals surface area contributed by atoms with Crippen molar-refractivity contribution in [2.24, 2.45) is 0 Å². The van der Waals surface area contributed by atoms with Crippen molar-refractivity contribution in [3.05, 3.63) is 57.6 Å². The second kappa shape index (κ2) is 9.92. The number of rotatable bonds is 3. The van der Waals surface area contributed by atoms with E-state index in [9.17, 15) is 10.2 Å². The van der Waals surface area contributed by atoms with Gasteiger partial charge in [-0.05, 0) is 58.1 Å². The number of benzene rings is 2. The number of hydrogen-bond donors (Lipinski definition) is 4. The fourth-order valence-corrected chi connectivity index (χ4v) is 3.50. The molecule has 4 heteroatoms. The van der Waals surface area contributed by atoms with Crippen LogP contribution in [0.25, 0.3) is 0 Å². The monoisotopic (exact) mass is 432 g/mol. The van der Waals surface area contributed by atoms with E-state index in [1.807, 2.05) is 38.1 Å². The third-order valence-corrected chi connectivity index (χ3v) is 5.29. The van der Waals surface area contributed by atoms with Crippen LogP contribution < -0.4 is 10.9 Å². The molecule has 0 aliphatic heterocycles. The fraction of sp³-hybridized carbons (Fsp3) is 0.429. The summed E-state index contributed by atoms with van der Waals surface area (Å²) in [7, 11) is 0. The molecule has 0 fully saturated rings. The molecule has 2 aromatic carbocycles. The van der Waals surface area contributed by atoms with Crippen molar-refractivity contribution in [3.8, 4) is 35.4 Å². The minimum atomic E-state index is -0.128. The Morgan fingerprint density at radius 1 is 0.656 bits per heavy atom. The molecule has 0 atom stereocenters. The fourth-order valence-electron chi connectivity index (χ4n) is 3.50. The Bertz CT molecular complexity index is 1010. The number of hydrogen-bond acceptors (Lipinski definition) is 4. The van der Waals surface area contributed by atoms with Crippen LogP contribution >= 0.6 is 0 Å². The maximum atomic E-state index is 10.3. The molecule has 2 rings (SSSR count). The van der Waals surface area contributed by atoms with Crippen LogP contribution in [-0.2, 0) is 23.7 Å². The third-order valence-electron chi connectivity index (χ3n) is 5.29. The second-order valence-corrected chi connectivity index (χ2v) is 10.3. The van der Waals surface area contributed by atoms with Crippen molar-refractivity contribution in [1.29, 1.82) is 0 Å². The predicted molar refractivity (Wildman–Crippen MR) is 132 cm³/mol. The molecule has 0 aromatic heterocycles. The molecule has 0 aliphatic rings. The van der Waals surface area contributed by atoms with E-state index in [2.05, 4.69) is 76.3 Å². The van der Waals surface area contributed by atoms with Gasteiger partial charge >= 0.3 is 0 Å². The SMILES string of the molecule is Cc1cc(CC#CNNC#CCc2cc(C)c(O)c(C(C)(C)C)c2)cc(C(C)(C)C)c1O. The molecule has 2 aromatic rings. The predicted octanol–water partition coefficient (Wildman–Crippen LogP) is 5.11. The summed E-state index contributed by atoms with van der Waals surface area (Å²) in [4.78, 5) is 0. The highest BCUT2D eigenvalue weighted by molar-refractivity contribution is 5.48. The third kappa shape index (κ3) is 6.63. The van der Waals surface area contributed by atoms with Gasteiger partial charge in [0, 0.05) is 24.9 Å². The van der Waals surface area contributed by atoms with Crippen LogP contribution in [0.5, 0.6) is 11.5 Å². The number of phenolic OH excluding ortho intramolecular Hbond substituents is 2. The largest absolute Gasteiger partial charge is 0.507 e. The minimum Gasteiger partial charge on any atom is -0.507 e. The molecule has 0 radical (unpaired) electrons. The van der Waals surface area contributed by atoms with Gasteiger partial charge < -0.3 is 10.2 Å². The number of phenols is 2. The first kappa shape index (κ1) is 25.0. The second-order valence-electron chi connectivity index (χ2n) is 10.3. The van der Waals surface area contributed by atoms with Gasteiger partial charge in [-0.3, -0.25) is 10.9 Å². The molecular formula is C28H36N2O2. The van der Waals surface area contributed by atoms with Gasteiger partial charge in [-0.15, -0.1) is 0 Å². The van der Waals surface area contributed by atoms with Gasteiger partial charge in [-0.25, -0.2) is 0 Å². The topological polar surface area (TPSA) is 64.5 Å². The maximum Gasteiger partial charge on any atom is 0.122 e. The average Bonchev–Trinajstić information content (AvgIpc) is 2.67. The maximum absolute atomic E-state index is 10.3. The lowest BCUT2D eigenvalue weighted by Gasteiger charge is -2.22. The van der Waals surface area contributed by atoms with Crippen LogP contribution in [-0.4, -0.2) is 10.2 Å². The summed E-state index contributed by atoms with van der Waals surface area (Å²) in [6.07, 6.45) is 1.16. The van der Waals surface area contributed by atoms with Crippen LogP contribution in [0.4, 0.5) is 0 Å². The molecule has 0 heterocycles. The molecule has 0 amide bonds. The van der Waals surface area contributed by atoms with Gasteiger partial charge in [0.2, 0.25) is 0 Å². The molecule has 0 unspecified atom stereocenters. The Labute approximate surface area is 193 Å². The molecule has 0 saturated carbocycles. The Hall–Kier alpha value is -3.24. The Kier molecular flexibility index (Phi) is 7.76. The van der Waals surface area contributed by atoms with Crippen molar-refractivity contribution in [3.63, 3.8) is 0 Å². The Morgan fingerprint density at radius 2 is 1.00 bits per heavy atom. The molecule has 170 valence electrons. The van der Waals surface area contributed by atoms with Crippen molar-refractivity contribution in [1.82, 2.24) is 10.9 Å². The highest BCUT2D eigenvalue weighted by atomic mass is 16.3. The Morgan fingerprint density at radius 3 is 1.31 bits per heavy atom. The van der Waals surface area contributed by atoms with E-state index in [-0.39, 0.29) is 10.8 Å². The first-order chi connectivity index (χ1) is 14.8.